The fourth-order valence-corrected chi connectivity index (χ4v) is 2.56. The van der Waals surface area contributed by atoms with E-state index in [0.717, 1.165) is 11.1 Å². The van der Waals surface area contributed by atoms with E-state index in [9.17, 15) is 14.7 Å². The molecule has 2 amide bonds. The number of amides is 2. The molecule has 0 aliphatic rings. The Balaban J connectivity index is 2.04. The summed E-state index contributed by atoms with van der Waals surface area (Å²) in [4.78, 5) is 23.7. The topological polar surface area (TPSA) is 78.4 Å². The third-order valence-electron chi connectivity index (χ3n) is 4.03. The van der Waals surface area contributed by atoms with E-state index >= 15 is 0 Å². The molecule has 3 N–H and O–H groups in total. The zero-order valence-corrected chi connectivity index (χ0v) is 14.7. The molecule has 2 atom stereocenters. The maximum Gasteiger partial charge on any atom is 0.251 e. The minimum atomic E-state index is -0.690. The average molecular weight is 340 g/mol. The monoisotopic (exact) mass is 340 g/mol. The average Bonchev–Trinajstić information content (AvgIpc) is 2.56. The second-order valence-corrected chi connectivity index (χ2v) is 6.23. The molecule has 0 bridgehead atoms. The van der Waals surface area contributed by atoms with Crippen LogP contribution in [0.3, 0.4) is 0 Å². The summed E-state index contributed by atoms with van der Waals surface area (Å²) < 4.78 is 0. The number of aryl methyl sites for hydroxylation is 1. The molecule has 132 valence electrons. The Bertz CT molecular complexity index is 744. The highest BCUT2D eigenvalue weighted by Gasteiger charge is 2.19. The van der Waals surface area contributed by atoms with E-state index in [1.165, 1.54) is 6.92 Å². The van der Waals surface area contributed by atoms with Gasteiger partial charge in [-0.3, -0.25) is 9.59 Å². The lowest BCUT2D eigenvalue weighted by molar-refractivity contribution is -0.114. The van der Waals surface area contributed by atoms with Crippen molar-refractivity contribution in [2.75, 3.05) is 5.32 Å². The molecular formula is C20H24N2O3. The number of carbonyl (C=O) groups excluding carboxylic acids is 2. The predicted octanol–water partition coefficient (Wildman–Crippen LogP) is 2.68. The van der Waals surface area contributed by atoms with Crippen molar-refractivity contribution in [3.05, 3.63) is 65.2 Å². The second-order valence-electron chi connectivity index (χ2n) is 6.23. The number of hydrogen-bond donors (Lipinski definition) is 3. The predicted molar refractivity (Wildman–Crippen MR) is 98.6 cm³/mol. The van der Waals surface area contributed by atoms with Crippen LogP contribution < -0.4 is 10.6 Å². The highest BCUT2D eigenvalue weighted by atomic mass is 16.3. The molecule has 0 aromatic heterocycles. The summed E-state index contributed by atoms with van der Waals surface area (Å²) in [6.45, 7) is 5.03. The van der Waals surface area contributed by atoms with Crippen LogP contribution in [0.25, 0.3) is 0 Å². The van der Waals surface area contributed by atoms with Gasteiger partial charge in [-0.05, 0) is 37.1 Å². The van der Waals surface area contributed by atoms with Crippen molar-refractivity contribution in [1.82, 2.24) is 5.32 Å². The Morgan fingerprint density at radius 2 is 1.80 bits per heavy atom. The first-order valence-corrected chi connectivity index (χ1v) is 8.28. The van der Waals surface area contributed by atoms with Gasteiger partial charge in [-0.25, -0.2) is 0 Å². The van der Waals surface area contributed by atoms with Gasteiger partial charge in [0.15, 0.2) is 0 Å². The van der Waals surface area contributed by atoms with E-state index < -0.39 is 12.1 Å². The summed E-state index contributed by atoms with van der Waals surface area (Å²) >= 11 is 0. The molecule has 0 fully saturated rings. The van der Waals surface area contributed by atoms with Gasteiger partial charge >= 0.3 is 0 Å². The molecule has 0 aliphatic heterocycles. The molecule has 2 rings (SSSR count). The van der Waals surface area contributed by atoms with Crippen LogP contribution >= 0.6 is 0 Å². The van der Waals surface area contributed by atoms with Crippen LogP contribution in [0.2, 0.25) is 0 Å². The Kier molecular flexibility index (Phi) is 6.31. The van der Waals surface area contributed by atoms with Crippen molar-refractivity contribution in [1.29, 1.82) is 0 Å². The number of hydrogen-bond acceptors (Lipinski definition) is 3. The Hall–Kier alpha value is -2.66. The van der Waals surface area contributed by atoms with Crippen LogP contribution in [0.4, 0.5) is 5.69 Å². The van der Waals surface area contributed by atoms with Crippen LogP contribution in [0.5, 0.6) is 0 Å². The molecule has 0 radical (unpaired) electrons. The third-order valence-corrected chi connectivity index (χ3v) is 4.03. The van der Waals surface area contributed by atoms with Gasteiger partial charge in [0.05, 0.1) is 12.1 Å². The molecular weight excluding hydrogens is 316 g/mol. The first-order chi connectivity index (χ1) is 11.9. The summed E-state index contributed by atoms with van der Waals surface area (Å²) in [7, 11) is 0. The number of carbonyl (C=O) groups is 2. The van der Waals surface area contributed by atoms with Crippen LogP contribution in [0, 0.1) is 6.92 Å². The van der Waals surface area contributed by atoms with E-state index in [-0.39, 0.29) is 11.8 Å². The van der Waals surface area contributed by atoms with E-state index in [4.69, 9.17) is 0 Å². The lowest BCUT2D eigenvalue weighted by Gasteiger charge is -2.21. The minimum absolute atomic E-state index is 0.193. The number of anilines is 1. The zero-order chi connectivity index (χ0) is 18.4. The molecule has 0 heterocycles. The van der Waals surface area contributed by atoms with Crippen LogP contribution in [-0.4, -0.2) is 29.1 Å². The fraction of sp³-hybridized carbons (Fsp3) is 0.300. The first-order valence-electron chi connectivity index (χ1n) is 8.28. The number of rotatable bonds is 6. The van der Waals surface area contributed by atoms with Gasteiger partial charge in [0, 0.05) is 24.6 Å². The maximum absolute atomic E-state index is 12.5. The third kappa shape index (κ3) is 5.43. The minimum Gasteiger partial charge on any atom is -0.391 e. The molecule has 2 aromatic rings. The maximum atomic E-state index is 12.5. The highest BCUT2D eigenvalue weighted by molar-refractivity contribution is 5.98. The van der Waals surface area contributed by atoms with Gasteiger partial charge in [-0.2, -0.15) is 0 Å². The summed E-state index contributed by atoms with van der Waals surface area (Å²) in [5.41, 5.74) is 2.86. The molecule has 2 aromatic carbocycles. The van der Waals surface area contributed by atoms with Crippen molar-refractivity contribution in [2.24, 2.45) is 0 Å². The highest BCUT2D eigenvalue weighted by Crippen LogP contribution is 2.16. The van der Waals surface area contributed by atoms with Gasteiger partial charge in [0.2, 0.25) is 5.91 Å². The molecule has 0 unspecified atom stereocenters. The molecule has 0 saturated heterocycles. The summed E-state index contributed by atoms with van der Waals surface area (Å²) in [6.07, 6.45) is -0.224. The van der Waals surface area contributed by atoms with E-state index in [2.05, 4.69) is 10.6 Å². The molecule has 25 heavy (non-hydrogen) atoms. The number of benzene rings is 2. The summed E-state index contributed by atoms with van der Waals surface area (Å²) in [5, 5.41) is 15.8. The van der Waals surface area contributed by atoms with Crippen molar-refractivity contribution in [3.8, 4) is 0 Å². The fourth-order valence-electron chi connectivity index (χ4n) is 2.56. The first kappa shape index (κ1) is 18.7. The standard InChI is InChI=1S/C20H24N2O3/c1-13-9-10-17(22-15(3)23)12-18(13)20(25)21-14(2)19(24)11-16-7-5-4-6-8-16/h4-10,12,14,19,24H,11H2,1-3H3,(H,21,25)(H,22,23)/t14-,19-/m0/s1. The number of aliphatic hydroxyl groups is 1. The van der Waals surface area contributed by atoms with Crippen molar-refractivity contribution < 1.29 is 14.7 Å². The molecule has 5 heteroatoms. The van der Waals surface area contributed by atoms with Gasteiger partial charge in [0.1, 0.15) is 0 Å². The lowest BCUT2D eigenvalue weighted by Crippen LogP contribution is -2.42. The molecule has 0 saturated carbocycles. The number of nitrogens with one attached hydrogen (secondary N) is 2. The smallest absolute Gasteiger partial charge is 0.251 e. The summed E-state index contributed by atoms with van der Waals surface area (Å²) in [5.74, 6) is -0.467. The molecule has 5 nitrogen and oxygen atoms in total. The van der Waals surface area contributed by atoms with Crippen molar-refractivity contribution in [3.63, 3.8) is 0 Å². The number of aliphatic hydroxyl groups excluding tert-OH is 1. The lowest BCUT2D eigenvalue weighted by atomic mass is 10.0. The summed E-state index contributed by atoms with van der Waals surface area (Å²) in [6, 6.07) is 14.4. The van der Waals surface area contributed by atoms with E-state index in [0.29, 0.717) is 17.7 Å². The van der Waals surface area contributed by atoms with Crippen molar-refractivity contribution in [2.45, 2.75) is 39.3 Å². The SMILES string of the molecule is CC(=O)Nc1ccc(C)c(C(=O)N[C@@H](C)[C@@H](O)Cc2ccccc2)c1. The molecule has 0 spiro atoms. The van der Waals surface area contributed by atoms with E-state index in [1.54, 1.807) is 25.1 Å². The Morgan fingerprint density at radius 1 is 1.12 bits per heavy atom. The van der Waals surface area contributed by atoms with Crippen LogP contribution in [-0.2, 0) is 11.2 Å². The van der Waals surface area contributed by atoms with Crippen LogP contribution in [0.15, 0.2) is 48.5 Å². The van der Waals surface area contributed by atoms with Gasteiger partial charge in [-0.15, -0.1) is 0 Å². The van der Waals surface area contributed by atoms with Gasteiger partial charge in [-0.1, -0.05) is 36.4 Å². The van der Waals surface area contributed by atoms with Gasteiger partial charge in [0.25, 0.3) is 5.91 Å². The zero-order valence-electron chi connectivity index (χ0n) is 14.7. The van der Waals surface area contributed by atoms with Gasteiger partial charge < -0.3 is 15.7 Å². The largest absolute Gasteiger partial charge is 0.391 e. The normalized spacial score (nSPS) is 13.0. The van der Waals surface area contributed by atoms with E-state index in [1.807, 2.05) is 37.3 Å². The Morgan fingerprint density at radius 3 is 2.44 bits per heavy atom. The second kappa shape index (κ2) is 8.44. The molecule has 0 aliphatic carbocycles. The Labute approximate surface area is 148 Å². The van der Waals surface area contributed by atoms with Crippen molar-refractivity contribution >= 4 is 17.5 Å². The quantitative estimate of drug-likeness (QED) is 0.756. The van der Waals surface area contributed by atoms with Crippen LogP contribution in [0.1, 0.15) is 35.3 Å².